The topological polar surface area (TPSA) is 106 Å². The molecule has 3 aromatic heterocycles. The van der Waals surface area contributed by atoms with Gasteiger partial charge in [0, 0.05) is 17.8 Å². The number of fused-ring (bicyclic) bond motifs is 2. The molecule has 172 valence electrons. The molecule has 1 aliphatic heterocycles. The van der Waals surface area contributed by atoms with Crippen LogP contribution in [-0.4, -0.2) is 33.9 Å². The number of furan rings is 1. The Hall–Kier alpha value is -4.50. The van der Waals surface area contributed by atoms with E-state index >= 15 is 0 Å². The van der Waals surface area contributed by atoms with E-state index in [0.29, 0.717) is 27.5 Å². The summed E-state index contributed by atoms with van der Waals surface area (Å²) in [6.45, 7) is 0. The van der Waals surface area contributed by atoms with E-state index in [1.165, 1.54) is 16.2 Å². The zero-order valence-electron chi connectivity index (χ0n) is 18.3. The van der Waals surface area contributed by atoms with Gasteiger partial charge in [0.2, 0.25) is 5.78 Å². The molecule has 5 aromatic rings. The summed E-state index contributed by atoms with van der Waals surface area (Å²) in [5, 5.41) is 12.0. The fourth-order valence-corrected chi connectivity index (χ4v) is 5.27. The minimum atomic E-state index is -0.909. The molecular formula is C26H17N3O5S. The second kappa shape index (κ2) is 8.07. The number of benzene rings is 2. The molecule has 1 aliphatic rings. The number of ether oxygens (including phenoxy) is 1. The van der Waals surface area contributed by atoms with E-state index in [2.05, 4.69) is 9.97 Å². The van der Waals surface area contributed by atoms with Crippen LogP contribution in [0.15, 0.2) is 88.8 Å². The summed E-state index contributed by atoms with van der Waals surface area (Å²) in [7, 11) is 1.57. The number of nitrogens with zero attached hydrogens (tertiary/aromatic N) is 3. The van der Waals surface area contributed by atoms with Crippen molar-refractivity contribution in [2.45, 2.75) is 6.04 Å². The third-order valence-electron chi connectivity index (χ3n) is 5.91. The predicted molar refractivity (Wildman–Crippen MR) is 131 cm³/mol. The molecule has 9 heteroatoms. The smallest absolute Gasteiger partial charge is 0.296 e. The van der Waals surface area contributed by atoms with Gasteiger partial charge in [-0.2, -0.15) is 0 Å². The molecular weight excluding hydrogens is 466 g/mol. The molecule has 6 rings (SSSR count). The number of ketones is 1. The van der Waals surface area contributed by atoms with E-state index in [1.54, 1.807) is 62.0 Å². The summed E-state index contributed by atoms with van der Waals surface area (Å²) in [6, 6.07) is 16.7. The van der Waals surface area contributed by atoms with Crippen LogP contribution in [-0.2, 0) is 4.79 Å². The van der Waals surface area contributed by atoms with Crippen molar-refractivity contribution in [3.63, 3.8) is 0 Å². The van der Waals surface area contributed by atoms with Gasteiger partial charge in [-0.1, -0.05) is 29.5 Å². The minimum Gasteiger partial charge on any atom is -0.503 e. The Balaban J connectivity index is 1.49. The molecule has 2 aromatic carbocycles. The molecule has 0 bridgehead atoms. The van der Waals surface area contributed by atoms with Gasteiger partial charge < -0.3 is 14.3 Å². The lowest BCUT2D eigenvalue weighted by molar-refractivity contribution is -0.117. The normalized spacial score (nSPS) is 16.0. The number of para-hydroxylation sites is 1. The number of rotatable bonds is 5. The number of carbonyl (C=O) groups is 2. The number of aliphatic hydroxyl groups excluding tert-OH is 1. The predicted octanol–water partition coefficient (Wildman–Crippen LogP) is 5.23. The lowest BCUT2D eigenvalue weighted by Gasteiger charge is -2.24. The second-order valence-electron chi connectivity index (χ2n) is 7.93. The number of pyridine rings is 1. The molecule has 8 nitrogen and oxygen atoms in total. The Labute approximate surface area is 202 Å². The largest absolute Gasteiger partial charge is 0.503 e. The van der Waals surface area contributed by atoms with Crippen LogP contribution in [0.4, 0.5) is 5.13 Å². The second-order valence-corrected chi connectivity index (χ2v) is 8.94. The summed E-state index contributed by atoms with van der Waals surface area (Å²) in [5.41, 5.74) is 1.74. The maximum absolute atomic E-state index is 13.6. The van der Waals surface area contributed by atoms with Crippen molar-refractivity contribution in [3.05, 3.63) is 95.7 Å². The van der Waals surface area contributed by atoms with Crippen LogP contribution in [0.2, 0.25) is 0 Å². The molecule has 0 spiro atoms. The fraction of sp³-hybridized carbons (Fsp3) is 0.0769. The van der Waals surface area contributed by atoms with Gasteiger partial charge in [0.05, 0.1) is 28.9 Å². The highest BCUT2D eigenvalue weighted by Gasteiger charge is 2.46. The van der Waals surface area contributed by atoms with Gasteiger partial charge in [-0.05, 0) is 48.0 Å². The Bertz CT molecular complexity index is 1620. The third-order valence-corrected chi connectivity index (χ3v) is 6.93. The van der Waals surface area contributed by atoms with Gasteiger partial charge >= 0.3 is 0 Å². The van der Waals surface area contributed by atoms with Gasteiger partial charge in [-0.15, -0.1) is 0 Å². The molecule has 1 N–H and O–H groups in total. The Morgan fingerprint density at radius 1 is 1.11 bits per heavy atom. The number of hydrogen-bond donors (Lipinski definition) is 1. The average Bonchev–Trinajstić information content (AvgIpc) is 3.57. The number of thiazole rings is 1. The number of hydrogen-bond acceptors (Lipinski definition) is 8. The highest BCUT2D eigenvalue weighted by molar-refractivity contribution is 7.22. The molecule has 0 aliphatic carbocycles. The average molecular weight is 484 g/mol. The van der Waals surface area contributed by atoms with Gasteiger partial charge in [0.15, 0.2) is 16.7 Å². The molecule has 35 heavy (non-hydrogen) atoms. The van der Waals surface area contributed by atoms with Crippen LogP contribution >= 0.6 is 11.3 Å². The monoisotopic (exact) mass is 483 g/mol. The minimum absolute atomic E-state index is 0.0375. The standard InChI is InChI=1S/C26H17N3O5S/c1-33-16-6-7-17-20(13-16)35-26(28-17)29-22(14-8-10-27-11-9-14)21(24(31)25(29)32)23(30)19-12-15-4-2-3-5-18(15)34-19/h2-13,22,31H,1H3. The summed E-state index contributed by atoms with van der Waals surface area (Å²) in [5.74, 6) is -1.21. The van der Waals surface area contributed by atoms with Crippen LogP contribution in [0.25, 0.3) is 21.2 Å². The first-order valence-electron chi connectivity index (χ1n) is 10.7. The van der Waals surface area contributed by atoms with Crippen molar-refractivity contribution in [2.24, 2.45) is 0 Å². The van der Waals surface area contributed by atoms with Crippen molar-refractivity contribution < 1.29 is 23.8 Å². The van der Waals surface area contributed by atoms with Crippen LogP contribution in [0.3, 0.4) is 0 Å². The van der Waals surface area contributed by atoms with Crippen molar-refractivity contribution in [2.75, 3.05) is 12.0 Å². The fourth-order valence-electron chi connectivity index (χ4n) is 4.24. The molecule has 0 saturated carbocycles. The maximum atomic E-state index is 13.6. The first kappa shape index (κ1) is 21.1. The number of Topliss-reactive ketones (excluding diaryl/α,β-unsaturated/α-hetero) is 1. The third kappa shape index (κ3) is 3.36. The number of amides is 1. The molecule has 0 fully saturated rings. The Morgan fingerprint density at radius 2 is 1.91 bits per heavy atom. The molecule has 0 radical (unpaired) electrons. The Kier molecular flexibility index (Phi) is 4.85. The van der Waals surface area contributed by atoms with Crippen molar-refractivity contribution >= 4 is 49.3 Å². The molecule has 1 atom stereocenters. The van der Waals surface area contributed by atoms with E-state index in [0.717, 1.165) is 10.1 Å². The summed E-state index contributed by atoms with van der Waals surface area (Å²) in [4.78, 5) is 37.0. The SMILES string of the molecule is COc1ccc2nc(N3C(=O)C(O)=C(C(=O)c4cc5ccccc5o4)C3c3ccncc3)sc2c1. The zero-order chi connectivity index (χ0) is 24.1. The van der Waals surface area contributed by atoms with Crippen LogP contribution in [0.5, 0.6) is 5.75 Å². The first-order chi connectivity index (χ1) is 17.0. The van der Waals surface area contributed by atoms with Crippen molar-refractivity contribution in [3.8, 4) is 5.75 Å². The molecule has 1 amide bonds. The van der Waals surface area contributed by atoms with Crippen LogP contribution < -0.4 is 9.64 Å². The van der Waals surface area contributed by atoms with Crippen molar-refractivity contribution in [1.29, 1.82) is 0 Å². The number of anilines is 1. The van der Waals surface area contributed by atoms with Gasteiger partial charge in [0.1, 0.15) is 11.3 Å². The number of aliphatic hydroxyl groups is 1. The maximum Gasteiger partial charge on any atom is 0.296 e. The first-order valence-corrected chi connectivity index (χ1v) is 11.5. The summed E-state index contributed by atoms with van der Waals surface area (Å²) in [6.07, 6.45) is 3.14. The van der Waals surface area contributed by atoms with Gasteiger partial charge in [-0.25, -0.2) is 4.98 Å². The lowest BCUT2D eigenvalue weighted by atomic mass is 9.96. The van der Waals surface area contributed by atoms with Crippen molar-refractivity contribution in [1.82, 2.24) is 9.97 Å². The highest BCUT2D eigenvalue weighted by atomic mass is 32.1. The number of methoxy groups -OCH3 is 1. The lowest BCUT2D eigenvalue weighted by Crippen LogP contribution is -2.30. The molecule has 0 saturated heterocycles. The van der Waals surface area contributed by atoms with Gasteiger partial charge in [-0.3, -0.25) is 19.5 Å². The summed E-state index contributed by atoms with van der Waals surface area (Å²) < 4.78 is 11.9. The van der Waals surface area contributed by atoms with E-state index in [9.17, 15) is 14.7 Å². The van der Waals surface area contributed by atoms with E-state index in [1.807, 2.05) is 18.2 Å². The summed E-state index contributed by atoms with van der Waals surface area (Å²) >= 11 is 1.27. The highest BCUT2D eigenvalue weighted by Crippen LogP contribution is 2.44. The number of aromatic nitrogens is 2. The molecule has 1 unspecified atom stereocenters. The van der Waals surface area contributed by atoms with E-state index < -0.39 is 23.5 Å². The van der Waals surface area contributed by atoms with Crippen LogP contribution in [0.1, 0.15) is 22.2 Å². The zero-order valence-corrected chi connectivity index (χ0v) is 19.2. The van der Waals surface area contributed by atoms with Gasteiger partial charge in [0.25, 0.3) is 5.91 Å². The van der Waals surface area contributed by atoms with E-state index in [4.69, 9.17) is 9.15 Å². The number of carbonyl (C=O) groups excluding carboxylic acids is 2. The molecule has 4 heterocycles. The Morgan fingerprint density at radius 3 is 2.69 bits per heavy atom. The van der Waals surface area contributed by atoms with E-state index in [-0.39, 0.29) is 11.3 Å². The quantitative estimate of drug-likeness (QED) is 0.341. The van der Waals surface area contributed by atoms with Crippen LogP contribution in [0, 0.1) is 0 Å².